The normalized spacial score (nSPS) is 17.7. The Morgan fingerprint density at radius 1 is 1.04 bits per heavy atom. The molecule has 1 fully saturated rings. The number of piperidine rings is 1. The predicted molar refractivity (Wildman–Crippen MR) is 111 cm³/mol. The first kappa shape index (κ1) is 20.7. The Morgan fingerprint density at radius 3 is 2.62 bits per heavy atom. The lowest BCUT2D eigenvalue weighted by atomic mass is 10.0. The second-order valence-corrected chi connectivity index (χ2v) is 6.86. The van der Waals surface area contributed by atoms with Crippen LogP contribution < -0.4 is 0 Å². The van der Waals surface area contributed by atoms with E-state index in [1.54, 1.807) is 12.7 Å². The van der Waals surface area contributed by atoms with Gasteiger partial charge >= 0.3 is 0 Å². The lowest BCUT2D eigenvalue weighted by Gasteiger charge is -2.33. The molecule has 1 atom stereocenters. The molecule has 3 heterocycles. The molecule has 1 aromatic carbocycles. The van der Waals surface area contributed by atoms with Crippen LogP contribution in [0.2, 0.25) is 0 Å². The molecule has 1 saturated heterocycles. The number of aryl methyl sites for hydroxylation is 1. The Hall–Kier alpha value is -1.56. The number of hydrogen-bond acceptors (Lipinski definition) is 3. The van der Waals surface area contributed by atoms with Crippen LogP contribution >= 0.6 is 24.8 Å². The molecule has 0 spiro atoms. The van der Waals surface area contributed by atoms with Gasteiger partial charge in [0.2, 0.25) is 0 Å². The lowest BCUT2D eigenvalue weighted by molar-refractivity contribution is 0.157. The Bertz CT molecular complexity index is 799. The standard InChI is InChI=1S/C19H25N5.2ClH/c1-16-5-2-3-9-22(16)10-4-11-23-12-8-17-6-7-18(13-19(17)23)24-14-20-21-15-24;;/h6-8,12-16H,2-5,9-11H2,1H3;2*1H. The smallest absolute Gasteiger partial charge is 0.123 e. The van der Waals surface area contributed by atoms with Crippen LogP contribution in [0.4, 0.5) is 0 Å². The molecule has 1 aliphatic rings. The molecule has 3 aromatic rings. The molecule has 2 aromatic heterocycles. The number of benzene rings is 1. The van der Waals surface area contributed by atoms with Crippen molar-refractivity contribution >= 4 is 35.7 Å². The summed E-state index contributed by atoms with van der Waals surface area (Å²) in [5.74, 6) is 0. The van der Waals surface area contributed by atoms with Crippen LogP contribution in [0.15, 0.2) is 43.1 Å². The molecule has 26 heavy (non-hydrogen) atoms. The minimum absolute atomic E-state index is 0. The van der Waals surface area contributed by atoms with Crippen LogP contribution in [0, 0.1) is 0 Å². The fourth-order valence-corrected chi connectivity index (χ4v) is 3.80. The highest BCUT2D eigenvalue weighted by molar-refractivity contribution is 5.85. The van der Waals surface area contributed by atoms with Gasteiger partial charge in [-0.1, -0.05) is 12.5 Å². The summed E-state index contributed by atoms with van der Waals surface area (Å²) in [7, 11) is 0. The van der Waals surface area contributed by atoms with Gasteiger partial charge in [-0.05, 0) is 56.3 Å². The van der Waals surface area contributed by atoms with Gasteiger partial charge in [0.1, 0.15) is 12.7 Å². The molecular formula is C19H27Cl2N5. The molecule has 0 saturated carbocycles. The van der Waals surface area contributed by atoms with E-state index in [1.807, 2.05) is 4.57 Å². The van der Waals surface area contributed by atoms with Crippen LogP contribution in [-0.4, -0.2) is 43.4 Å². The van der Waals surface area contributed by atoms with Crippen molar-refractivity contribution in [3.8, 4) is 5.69 Å². The zero-order valence-electron chi connectivity index (χ0n) is 15.1. The topological polar surface area (TPSA) is 38.9 Å². The first-order chi connectivity index (χ1) is 11.8. The van der Waals surface area contributed by atoms with E-state index in [1.165, 1.54) is 49.7 Å². The quantitative estimate of drug-likeness (QED) is 0.645. The second-order valence-electron chi connectivity index (χ2n) is 6.86. The molecular weight excluding hydrogens is 369 g/mol. The van der Waals surface area contributed by atoms with E-state index in [-0.39, 0.29) is 24.8 Å². The summed E-state index contributed by atoms with van der Waals surface area (Å²) in [6, 6.07) is 9.47. The summed E-state index contributed by atoms with van der Waals surface area (Å²) in [6.07, 6.45) is 11.0. The molecule has 0 radical (unpaired) electrons. The monoisotopic (exact) mass is 395 g/mol. The Morgan fingerprint density at radius 2 is 1.85 bits per heavy atom. The highest BCUT2D eigenvalue weighted by Gasteiger charge is 2.17. The van der Waals surface area contributed by atoms with Crippen molar-refractivity contribution in [1.82, 2.24) is 24.2 Å². The molecule has 0 amide bonds. The van der Waals surface area contributed by atoms with Gasteiger partial charge in [-0.2, -0.15) is 0 Å². The average molecular weight is 396 g/mol. The first-order valence-corrected chi connectivity index (χ1v) is 8.99. The third-order valence-electron chi connectivity index (χ3n) is 5.26. The van der Waals surface area contributed by atoms with E-state index < -0.39 is 0 Å². The van der Waals surface area contributed by atoms with Crippen molar-refractivity contribution < 1.29 is 0 Å². The van der Waals surface area contributed by atoms with Crippen LogP contribution in [0.5, 0.6) is 0 Å². The molecule has 1 unspecified atom stereocenters. The number of hydrogen-bond donors (Lipinski definition) is 0. The minimum Gasteiger partial charge on any atom is -0.347 e. The van der Waals surface area contributed by atoms with E-state index >= 15 is 0 Å². The van der Waals surface area contributed by atoms with Crippen molar-refractivity contribution in [2.75, 3.05) is 13.1 Å². The summed E-state index contributed by atoms with van der Waals surface area (Å²) in [5, 5.41) is 9.09. The van der Waals surface area contributed by atoms with E-state index in [0.717, 1.165) is 18.3 Å². The molecule has 1 aliphatic heterocycles. The molecule has 0 bridgehead atoms. The largest absolute Gasteiger partial charge is 0.347 e. The average Bonchev–Trinajstić information content (AvgIpc) is 3.26. The first-order valence-electron chi connectivity index (χ1n) is 8.99. The molecule has 4 rings (SSSR count). The molecule has 5 nitrogen and oxygen atoms in total. The summed E-state index contributed by atoms with van der Waals surface area (Å²) in [6.45, 7) is 5.91. The van der Waals surface area contributed by atoms with Crippen molar-refractivity contribution in [3.63, 3.8) is 0 Å². The van der Waals surface area contributed by atoms with Crippen molar-refractivity contribution in [2.45, 2.75) is 45.2 Å². The number of fused-ring (bicyclic) bond motifs is 1. The summed E-state index contributed by atoms with van der Waals surface area (Å²) < 4.78 is 4.32. The van der Waals surface area contributed by atoms with Gasteiger partial charge in [-0.3, -0.25) is 4.57 Å². The third kappa shape index (κ3) is 4.40. The molecule has 0 N–H and O–H groups in total. The molecule has 7 heteroatoms. The van der Waals surface area contributed by atoms with Gasteiger partial charge in [0.05, 0.1) is 11.2 Å². The van der Waals surface area contributed by atoms with Gasteiger partial charge in [-0.15, -0.1) is 35.0 Å². The van der Waals surface area contributed by atoms with Gasteiger partial charge in [0, 0.05) is 25.3 Å². The maximum absolute atomic E-state index is 3.90. The maximum Gasteiger partial charge on any atom is 0.123 e. The number of halogens is 2. The third-order valence-corrected chi connectivity index (χ3v) is 5.26. The van der Waals surface area contributed by atoms with Crippen LogP contribution in [0.25, 0.3) is 16.6 Å². The zero-order valence-corrected chi connectivity index (χ0v) is 16.8. The van der Waals surface area contributed by atoms with Crippen LogP contribution in [-0.2, 0) is 6.54 Å². The van der Waals surface area contributed by atoms with Crippen molar-refractivity contribution in [1.29, 1.82) is 0 Å². The second kappa shape index (κ2) is 9.40. The Labute approximate surface area is 167 Å². The predicted octanol–water partition coefficient (Wildman–Crippen LogP) is 4.33. The van der Waals surface area contributed by atoms with Gasteiger partial charge in [0.15, 0.2) is 0 Å². The van der Waals surface area contributed by atoms with Gasteiger partial charge in [0.25, 0.3) is 0 Å². The molecule has 142 valence electrons. The molecule has 0 aliphatic carbocycles. The SMILES string of the molecule is CC1CCCCN1CCCn1ccc2ccc(-n3cnnc3)cc21.Cl.Cl. The zero-order chi connectivity index (χ0) is 16.4. The number of rotatable bonds is 5. The summed E-state index contributed by atoms with van der Waals surface area (Å²) >= 11 is 0. The number of likely N-dealkylation sites (tertiary alicyclic amines) is 1. The summed E-state index contributed by atoms with van der Waals surface area (Å²) in [5.41, 5.74) is 2.39. The van der Waals surface area contributed by atoms with Gasteiger partial charge < -0.3 is 9.47 Å². The van der Waals surface area contributed by atoms with E-state index in [4.69, 9.17) is 0 Å². The van der Waals surface area contributed by atoms with Crippen molar-refractivity contribution in [3.05, 3.63) is 43.1 Å². The fourth-order valence-electron chi connectivity index (χ4n) is 3.80. The Balaban J connectivity index is 0.00000121. The Kier molecular flexibility index (Phi) is 7.50. The van der Waals surface area contributed by atoms with E-state index in [2.05, 4.69) is 57.1 Å². The minimum atomic E-state index is 0. The lowest BCUT2D eigenvalue weighted by Crippen LogP contribution is -2.38. The summed E-state index contributed by atoms with van der Waals surface area (Å²) in [4.78, 5) is 2.65. The van der Waals surface area contributed by atoms with Crippen LogP contribution in [0.1, 0.15) is 32.6 Å². The van der Waals surface area contributed by atoms with Gasteiger partial charge in [-0.25, -0.2) is 0 Å². The van der Waals surface area contributed by atoms with Crippen LogP contribution in [0.3, 0.4) is 0 Å². The maximum atomic E-state index is 3.90. The number of aromatic nitrogens is 4. The fraction of sp³-hybridized carbons (Fsp3) is 0.474. The number of nitrogens with zero attached hydrogens (tertiary/aromatic N) is 5. The van der Waals surface area contributed by atoms with E-state index in [9.17, 15) is 0 Å². The highest BCUT2D eigenvalue weighted by atomic mass is 35.5. The van der Waals surface area contributed by atoms with E-state index in [0.29, 0.717) is 0 Å². The van der Waals surface area contributed by atoms with Crippen molar-refractivity contribution in [2.24, 2.45) is 0 Å². The highest BCUT2D eigenvalue weighted by Crippen LogP contribution is 2.21.